The second-order valence-electron chi connectivity index (χ2n) is 10.6. The number of benzene rings is 3. The fourth-order valence-corrected chi connectivity index (χ4v) is 4.17. The standard InChI is InChI=1S/C33H44N8O4/c1-39(31(43)36-22-26-11-6-4-7-12-26)18-17-34-30(42)35-24-28-15-10-16-29(21-28)25-38-33(45)41(3)20-19-40(2)32(44)37-23-27-13-8-5-9-14-27/h4-16,21H,17-20,22-25H2,1-3H3,(H,36,43)(H,37,44)(H,38,45)(H2,34,35,42). The number of nitrogens with zero attached hydrogens (tertiary/aromatic N) is 3. The van der Waals surface area contributed by atoms with E-state index in [0.717, 1.165) is 22.3 Å². The fraction of sp³-hybridized carbons (Fsp3) is 0.333. The highest BCUT2D eigenvalue weighted by Gasteiger charge is 2.13. The summed E-state index contributed by atoms with van der Waals surface area (Å²) in [6, 6.07) is 25.9. The summed E-state index contributed by atoms with van der Waals surface area (Å²) in [7, 11) is 5.04. The van der Waals surface area contributed by atoms with E-state index in [-0.39, 0.29) is 24.1 Å². The molecule has 3 aromatic rings. The number of amides is 8. The molecule has 0 spiro atoms. The number of carbonyl (C=O) groups excluding carboxylic acids is 4. The van der Waals surface area contributed by atoms with Crippen LogP contribution in [0.15, 0.2) is 84.9 Å². The predicted octanol–water partition coefficient (Wildman–Crippen LogP) is 3.31. The van der Waals surface area contributed by atoms with Crippen molar-refractivity contribution in [3.63, 3.8) is 0 Å². The fourth-order valence-electron chi connectivity index (χ4n) is 4.17. The van der Waals surface area contributed by atoms with Crippen molar-refractivity contribution in [1.29, 1.82) is 0 Å². The lowest BCUT2D eigenvalue weighted by atomic mass is 10.1. The number of likely N-dealkylation sites (N-methyl/N-ethyl adjacent to an activating group) is 3. The van der Waals surface area contributed by atoms with Gasteiger partial charge in [-0.15, -0.1) is 0 Å². The van der Waals surface area contributed by atoms with Crippen LogP contribution in [0.25, 0.3) is 0 Å². The van der Waals surface area contributed by atoms with Gasteiger partial charge in [-0.05, 0) is 22.3 Å². The van der Waals surface area contributed by atoms with E-state index < -0.39 is 0 Å². The Morgan fingerprint density at radius 2 is 0.844 bits per heavy atom. The van der Waals surface area contributed by atoms with E-state index in [2.05, 4.69) is 26.6 Å². The molecule has 3 rings (SSSR count). The van der Waals surface area contributed by atoms with Gasteiger partial charge in [0.2, 0.25) is 0 Å². The van der Waals surface area contributed by atoms with E-state index in [1.165, 1.54) is 9.80 Å². The lowest BCUT2D eigenvalue weighted by molar-refractivity contribution is 0.190. The average molecular weight is 617 g/mol. The van der Waals surface area contributed by atoms with Crippen molar-refractivity contribution in [3.8, 4) is 0 Å². The molecule has 0 aliphatic carbocycles. The molecular weight excluding hydrogens is 572 g/mol. The zero-order chi connectivity index (χ0) is 32.4. The molecule has 0 unspecified atom stereocenters. The van der Waals surface area contributed by atoms with E-state index >= 15 is 0 Å². The van der Waals surface area contributed by atoms with Crippen LogP contribution in [0.2, 0.25) is 0 Å². The van der Waals surface area contributed by atoms with Gasteiger partial charge in [0, 0.05) is 73.5 Å². The van der Waals surface area contributed by atoms with Crippen molar-refractivity contribution in [2.45, 2.75) is 26.2 Å². The highest BCUT2D eigenvalue weighted by Crippen LogP contribution is 2.06. The van der Waals surface area contributed by atoms with Gasteiger partial charge in [0.1, 0.15) is 0 Å². The van der Waals surface area contributed by atoms with Gasteiger partial charge in [0.05, 0.1) is 0 Å². The van der Waals surface area contributed by atoms with Crippen LogP contribution in [0.3, 0.4) is 0 Å². The van der Waals surface area contributed by atoms with Crippen molar-refractivity contribution in [1.82, 2.24) is 41.3 Å². The number of carbonyl (C=O) groups is 4. The molecule has 0 bridgehead atoms. The molecule has 0 heterocycles. The van der Waals surface area contributed by atoms with E-state index in [4.69, 9.17) is 0 Å². The Bertz CT molecular complexity index is 1370. The summed E-state index contributed by atoms with van der Waals surface area (Å²) in [4.78, 5) is 54.1. The van der Waals surface area contributed by atoms with Gasteiger partial charge in [0.15, 0.2) is 0 Å². The molecular formula is C33H44N8O4. The highest BCUT2D eigenvalue weighted by atomic mass is 16.2. The maximum atomic E-state index is 12.6. The summed E-state index contributed by atoms with van der Waals surface area (Å²) >= 11 is 0. The Morgan fingerprint density at radius 1 is 0.467 bits per heavy atom. The van der Waals surface area contributed by atoms with Crippen molar-refractivity contribution in [2.75, 3.05) is 47.3 Å². The van der Waals surface area contributed by atoms with Gasteiger partial charge in [-0.2, -0.15) is 0 Å². The lowest BCUT2D eigenvalue weighted by Crippen LogP contribution is -2.44. The molecule has 0 aromatic heterocycles. The highest BCUT2D eigenvalue weighted by molar-refractivity contribution is 5.76. The monoisotopic (exact) mass is 616 g/mol. The molecule has 8 amide bonds. The summed E-state index contributed by atoms with van der Waals surface area (Å²) < 4.78 is 0. The van der Waals surface area contributed by atoms with Crippen LogP contribution in [0, 0.1) is 0 Å². The Kier molecular flexibility index (Phi) is 14.0. The largest absolute Gasteiger partial charge is 0.336 e. The minimum atomic E-state index is -0.341. The minimum absolute atomic E-state index is 0.207. The van der Waals surface area contributed by atoms with Crippen LogP contribution in [-0.2, 0) is 26.2 Å². The SMILES string of the molecule is CN(CCNC(=O)NCc1cccc(CNC(=O)N(C)CCN(C)C(=O)NCc2ccccc2)c1)C(=O)NCc1ccccc1. The first-order chi connectivity index (χ1) is 21.7. The zero-order valence-corrected chi connectivity index (χ0v) is 26.2. The molecule has 3 aromatic carbocycles. The second-order valence-corrected chi connectivity index (χ2v) is 10.6. The first-order valence-electron chi connectivity index (χ1n) is 14.9. The summed E-state index contributed by atoms with van der Waals surface area (Å²) in [6.07, 6.45) is 0. The number of hydrogen-bond donors (Lipinski definition) is 5. The topological polar surface area (TPSA) is 138 Å². The van der Waals surface area contributed by atoms with E-state index in [1.54, 1.807) is 26.0 Å². The van der Waals surface area contributed by atoms with Gasteiger partial charge < -0.3 is 41.3 Å². The molecule has 0 fully saturated rings. The number of hydrogen-bond acceptors (Lipinski definition) is 4. The third-order valence-corrected chi connectivity index (χ3v) is 7.01. The Hall–Kier alpha value is -5.26. The van der Waals surface area contributed by atoms with E-state index in [9.17, 15) is 19.2 Å². The summed E-state index contributed by atoms with van der Waals surface area (Å²) in [5.74, 6) is 0. The molecule has 0 aliphatic heterocycles. The van der Waals surface area contributed by atoms with Crippen molar-refractivity contribution in [3.05, 3.63) is 107 Å². The predicted molar refractivity (Wildman–Crippen MR) is 174 cm³/mol. The third kappa shape index (κ3) is 12.9. The van der Waals surface area contributed by atoms with Gasteiger partial charge in [-0.25, -0.2) is 19.2 Å². The molecule has 12 heteroatoms. The summed E-state index contributed by atoms with van der Waals surface area (Å²) in [5.41, 5.74) is 3.79. The molecule has 0 radical (unpaired) electrons. The average Bonchev–Trinajstić information content (AvgIpc) is 3.07. The normalized spacial score (nSPS) is 10.3. The smallest absolute Gasteiger partial charge is 0.317 e. The lowest BCUT2D eigenvalue weighted by Gasteiger charge is -2.23. The van der Waals surface area contributed by atoms with Crippen LogP contribution in [0.5, 0.6) is 0 Å². The van der Waals surface area contributed by atoms with Crippen LogP contribution in [0.1, 0.15) is 22.3 Å². The van der Waals surface area contributed by atoms with Gasteiger partial charge >= 0.3 is 24.1 Å². The summed E-state index contributed by atoms with van der Waals surface area (Å²) in [6.45, 7) is 2.90. The zero-order valence-electron chi connectivity index (χ0n) is 26.2. The molecule has 0 aliphatic rings. The van der Waals surface area contributed by atoms with Crippen LogP contribution >= 0.6 is 0 Å². The Balaban J connectivity index is 1.29. The summed E-state index contributed by atoms with van der Waals surface area (Å²) in [5, 5.41) is 14.2. The van der Waals surface area contributed by atoms with Gasteiger partial charge in [-0.3, -0.25) is 0 Å². The second kappa shape index (κ2) is 18.4. The van der Waals surface area contributed by atoms with E-state index in [0.29, 0.717) is 52.4 Å². The molecule has 12 nitrogen and oxygen atoms in total. The maximum Gasteiger partial charge on any atom is 0.317 e. The van der Waals surface area contributed by atoms with Crippen molar-refractivity contribution in [2.24, 2.45) is 0 Å². The number of nitrogens with one attached hydrogen (secondary N) is 5. The van der Waals surface area contributed by atoms with Gasteiger partial charge in [0.25, 0.3) is 0 Å². The number of urea groups is 4. The van der Waals surface area contributed by atoms with Gasteiger partial charge in [-0.1, -0.05) is 84.9 Å². The molecule has 0 saturated heterocycles. The Labute approximate surface area is 265 Å². The third-order valence-electron chi connectivity index (χ3n) is 7.01. The molecule has 5 N–H and O–H groups in total. The quantitative estimate of drug-likeness (QED) is 0.190. The first-order valence-corrected chi connectivity index (χ1v) is 14.9. The van der Waals surface area contributed by atoms with Crippen LogP contribution in [0.4, 0.5) is 19.2 Å². The van der Waals surface area contributed by atoms with E-state index in [1.807, 2.05) is 84.9 Å². The Morgan fingerprint density at radius 3 is 1.31 bits per heavy atom. The van der Waals surface area contributed by atoms with Crippen LogP contribution in [-0.4, -0.2) is 86.1 Å². The van der Waals surface area contributed by atoms with Crippen molar-refractivity contribution >= 4 is 24.1 Å². The van der Waals surface area contributed by atoms with Crippen LogP contribution < -0.4 is 26.6 Å². The minimum Gasteiger partial charge on any atom is -0.336 e. The molecule has 0 saturated carbocycles. The number of rotatable bonds is 14. The van der Waals surface area contributed by atoms with Crippen molar-refractivity contribution < 1.29 is 19.2 Å². The molecule has 45 heavy (non-hydrogen) atoms. The molecule has 0 atom stereocenters. The first kappa shape index (κ1) is 34.2. The maximum absolute atomic E-state index is 12.6. The molecule has 240 valence electrons.